The van der Waals surface area contributed by atoms with E-state index in [1.807, 2.05) is 0 Å². The number of hydrogen-bond donors (Lipinski definition) is 4. The molecule has 0 saturated carbocycles. The Bertz CT molecular complexity index is 1590. The van der Waals surface area contributed by atoms with E-state index < -0.39 is 34.5 Å². The van der Waals surface area contributed by atoms with Crippen LogP contribution in [0.3, 0.4) is 0 Å². The van der Waals surface area contributed by atoms with Gasteiger partial charge in [0.25, 0.3) is 0 Å². The number of amidine groups is 2. The number of hydrogen-bond acceptors (Lipinski definition) is 12. The lowest BCUT2D eigenvalue weighted by molar-refractivity contribution is 0.00854. The maximum Gasteiger partial charge on any atom is 0.413 e. The fraction of sp³-hybridized carbons (Fsp3) is 0.556. The molecular weight excluding hydrogens is 715 g/mol. The van der Waals surface area contributed by atoms with Crippen LogP contribution in [0, 0.1) is 23.5 Å². The first kappa shape index (κ1) is 39.6. The van der Waals surface area contributed by atoms with Crippen LogP contribution in [0.2, 0.25) is 0 Å². The third kappa shape index (κ3) is 9.49. The smallest absolute Gasteiger partial charge is 0.413 e. The van der Waals surface area contributed by atoms with Gasteiger partial charge in [0.1, 0.15) is 22.8 Å². The topological polar surface area (TPSA) is 172 Å². The van der Waals surface area contributed by atoms with Crippen molar-refractivity contribution in [1.82, 2.24) is 10.6 Å². The number of nitrogens with one attached hydrogen (secondary N) is 2. The van der Waals surface area contributed by atoms with Gasteiger partial charge in [0.05, 0.1) is 24.3 Å². The number of alkyl carbamates (subject to hydrolysis) is 2. The maximum atomic E-state index is 14.6. The van der Waals surface area contributed by atoms with E-state index in [9.17, 15) is 18.4 Å². The molecule has 6 rings (SSSR count). The Labute approximate surface area is 311 Å². The largest absolute Gasteiger partial charge is 0.444 e. The van der Waals surface area contributed by atoms with Gasteiger partial charge in [0, 0.05) is 71.9 Å². The number of carbonyl (C=O) groups is 2. The second-order valence-corrected chi connectivity index (χ2v) is 17.1. The summed E-state index contributed by atoms with van der Waals surface area (Å²) in [5.41, 5.74) is 10.9. The number of rotatable bonds is 2. The zero-order valence-corrected chi connectivity index (χ0v) is 32.0. The van der Waals surface area contributed by atoms with Crippen molar-refractivity contribution in [2.45, 2.75) is 76.7 Å². The van der Waals surface area contributed by atoms with Crippen molar-refractivity contribution >= 4 is 57.4 Å². The number of halogens is 2. The highest BCUT2D eigenvalue weighted by molar-refractivity contribution is 8.14. The molecule has 16 heteroatoms. The molecule has 0 unspecified atom stereocenters. The van der Waals surface area contributed by atoms with Gasteiger partial charge in [0.2, 0.25) is 0 Å². The molecule has 0 radical (unpaired) electrons. The van der Waals surface area contributed by atoms with Crippen LogP contribution in [0.15, 0.2) is 46.4 Å². The average Bonchev–Trinajstić information content (AvgIpc) is 3.05. The Kier molecular flexibility index (Phi) is 12.0. The molecule has 0 spiro atoms. The quantitative estimate of drug-likeness (QED) is 0.247. The van der Waals surface area contributed by atoms with E-state index in [1.54, 1.807) is 53.7 Å². The van der Waals surface area contributed by atoms with E-state index in [2.05, 4.69) is 10.6 Å². The molecule has 284 valence electrons. The van der Waals surface area contributed by atoms with Gasteiger partial charge in [0.15, 0.2) is 10.3 Å². The van der Waals surface area contributed by atoms with Gasteiger partial charge in [-0.15, -0.1) is 0 Å². The number of thioether (sulfide) groups is 2. The molecule has 2 saturated heterocycles. The molecule has 4 heterocycles. The molecule has 0 bridgehead atoms. The second-order valence-electron chi connectivity index (χ2n) is 15.1. The van der Waals surface area contributed by atoms with Gasteiger partial charge in [-0.05, 0) is 77.9 Å². The number of fused-ring (bicyclic) bond motifs is 2. The molecule has 2 amide bonds. The van der Waals surface area contributed by atoms with E-state index in [0.717, 1.165) is 0 Å². The van der Waals surface area contributed by atoms with Crippen molar-refractivity contribution in [3.05, 3.63) is 59.2 Å². The lowest BCUT2D eigenvalue weighted by Crippen LogP contribution is -2.48. The lowest BCUT2D eigenvalue weighted by Gasteiger charge is -2.44. The summed E-state index contributed by atoms with van der Waals surface area (Å²) in [6.07, 6.45) is -0.0918. The number of amides is 2. The first-order chi connectivity index (χ1) is 24.4. The molecule has 2 aromatic carbocycles. The SMILES string of the molecule is CC(C)(C)OC(=O)NC1=N[C@@]2(c3cc(N)ccc3F)CCOC[C@@H]2CS1.CC(C)(C)OC(=O)NC1=N[C@@]2(c3cc(N)ccc3F)CCOC[C@@H]2CS1. The molecule has 2 aromatic rings. The van der Waals surface area contributed by atoms with E-state index in [0.29, 0.717) is 83.6 Å². The molecule has 4 aliphatic heterocycles. The van der Waals surface area contributed by atoms with Crippen molar-refractivity contribution in [3.8, 4) is 0 Å². The van der Waals surface area contributed by atoms with Crippen molar-refractivity contribution in [2.75, 3.05) is 49.4 Å². The molecule has 52 heavy (non-hydrogen) atoms. The van der Waals surface area contributed by atoms with Crippen LogP contribution in [0.4, 0.5) is 29.7 Å². The highest BCUT2D eigenvalue weighted by Crippen LogP contribution is 2.48. The summed E-state index contributed by atoms with van der Waals surface area (Å²) >= 11 is 2.82. The van der Waals surface area contributed by atoms with E-state index in [-0.39, 0.29) is 23.5 Å². The standard InChI is InChI=1S/2C18H24FN3O3S/c2*1-17(2,3)25-16(23)21-15-22-18(6-7-24-9-11(18)10-26-15)13-8-12(20)4-5-14(13)19/h2*4-5,8,11H,6-7,9-10,20H2,1-3H3,(H,21,22,23)/t2*11-,18+/m11/s1. The third-order valence-corrected chi connectivity index (χ3v) is 10.9. The van der Waals surface area contributed by atoms with Crippen LogP contribution >= 0.6 is 23.5 Å². The Morgan fingerprint density at radius 2 is 1.13 bits per heavy atom. The summed E-state index contributed by atoms with van der Waals surface area (Å²) < 4.78 is 51.1. The minimum absolute atomic E-state index is 0.00161. The maximum absolute atomic E-state index is 14.6. The van der Waals surface area contributed by atoms with Crippen LogP contribution < -0.4 is 22.1 Å². The number of aliphatic imine (C=N–C) groups is 2. The summed E-state index contributed by atoms with van der Waals surface area (Å²) in [7, 11) is 0. The number of nitrogens with zero attached hydrogens (tertiary/aromatic N) is 2. The zero-order valence-electron chi connectivity index (χ0n) is 30.3. The highest BCUT2D eigenvalue weighted by atomic mass is 32.2. The number of anilines is 2. The van der Waals surface area contributed by atoms with Gasteiger partial charge in [-0.1, -0.05) is 23.5 Å². The lowest BCUT2D eigenvalue weighted by atomic mass is 9.75. The van der Waals surface area contributed by atoms with Crippen molar-refractivity contribution in [1.29, 1.82) is 0 Å². The fourth-order valence-electron chi connectivity index (χ4n) is 6.53. The summed E-state index contributed by atoms with van der Waals surface area (Å²) in [5, 5.41) is 6.25. The molecule has 6 N–H and O–H groups in total. The number of benzene rings is 2. The fourth-order valence-corrected chi connectivity index (χ4v) is 8.76. The number of carbonyl (C=O) groups excluding carboxylic acids is 2. The van der Waals surface area contributed by atoms with E-state index in [4.69, 9.17) is 40.4 Å². The highest BCUT2D eigenvalue weighted by Gasteiger charge is 2.49. The van der Waals surface area contributed by atoms with Gasteiger partial charge in [-0.2, -0.15) is 0 Å². The van der Waals surface area contributed by atoms with Gasteiger partial charge in [-0.3, -0.25) is 20.6 Å². The third-order valence-electron chi connectivity index (χ3n) is 8.82. The Morgan fingerprint density at radius 3 is 1.50 bits per heavy atom. The van der Waals surface area contributed by atoms with Crippen LogP contribution in [0.25, 0.3) is 0 Å². The molecule has 12 nitrogen and oxygen atoms in total. The van der Waals surface area contributed by atoms with Gasteiger partial charge < -0.3 is 30.4 Å². The predicted molar refractivity (Wildman–Crippen MR) is 201 cm³/mol. The minimum atomic E-state index is -0.798. The van der Waals surface area contributed by atoms with Gasteiger partial charge >= 0.3 is 12.2 Å². The molecule has 4 aliphatic rings. The van der Waals surface area contributed by atoms with Crippen molar-refractivity contribution in [2.24, 2.45) is 21.8 Å². The average molecular weight is 763 g/mol. The molecular formula is C36H48F2N6O6S2. The minimum Gasteiger partial charge on any atom is -0.444 e. The molecule has 0 aromatic heterocycles. The van der Waals surface area contributed by atoms with E-state index >= 15 is 0 Å². The first-order valence-electron chi connectivity index (χ1n) is 17.1. The summed E-state index contributed by atoms with van der Waals surface area (Å²) in [4.78, 5) is 33.7. The van der Waals surface area contributed by atoms with Gasteiger partial charge in [-0.25, -0.2) is 18.4 Å². The number of nitrogen functional groups attached to an aromatic ring is 2. The second kappa shape index (κ2) is 15.8. The Balaban J connectivity index is 0.000000201. The van der Waals surface area contributed by atoms with Crippen molar-refractivity contribution < 1.29 is 37.3 Å². The molecule has 4 atom stereocenters. The molecule has 2 fully saturated rings. The summed E-state index contributed by atoms with van der Waals surface area (Å²) in [6.45, 7) is 12.7. The number of nitrogens with two attached hydrogens (primary N) is 2. The number of ether oxygens (including phenoxy) is 4. The zero-order chi connectivity index (χ0) is 37.9. The van der Waals surface area contributed by atoms with Crippen LogP contribution in [-0.4, -0.2) is 71.7 Å². The van der Waals surface area contributed by atoms with E-state index in [1.165, 1.54) is 47.8 Å². The predicted octanol–water partition coefficient (Wildman–Crippen LogP) is 6.53. The normalized spacial score (nSPS) is 25.8. The van der Waals surface area contributed by atoms with Crippen LogP contribution in [0.5, 0.6) is 0 Å². The first-order valence-corrected chi connectivity index (χ1v) is 19.1. The van der Waals surface area contributed by atoms with Crippen LogP contribution in [0.1, 0.15) is 65.5 Å². The Morgan fingerprint density at radius 1 is 0.750 bits per heavy atom. The Hall–Kier alpha value is -3.60. The monoisotopic (exact) mass is 762 g/mol. The summed E-state index contributed by atoms with van der Waals surface area (Å²) in [5.74, 6) is 0.617. The van der Waals surface area contributed by atoms with Crippen LogP contribution in [-0.2, 0) is 30.0 Å². The molecule has 0 aliphatic carbocycles. The van der Waals surface area contributed by atoms with Crippen molar-refractivity contribution in [3.63, 3.8) is 0 Å². The summed E-state index contributed by atoms with van der Waals surface area (Å²) in [6, 6.07) is 9.07.